The Morgan fingerprint density at radius 2 is 2.00 bits per heavy atom. The Kier molecular flexibility index (Phi) is 2.33. The summed E-state index contributed by atoms with van der Waals surface area (Å²) in [5.41, 5.74) is 0.512. The van der Waals surface area contributed by atoms with E-state index in [9.17, 15) is 4.79 Å². The third-order valence-corrected chi connectivity index (χ3v) is 3.32. The first-order valence-corrected chi connectivity index (χ1v) is 5.84. The number of ether oxygens (including phenoxy) is 4. The minimum atomic E-state index is -0.587. The fraction of sp³-hybridized carbons (Fsp3) is 0.750. The second-order valence-corrected chi connectivity index (χ2v) is 5.20. The zero-order valence-electron chi connectivity index (χ0n) is 9.97. The topological polar surface area (TPSA) is 54.0 Å². The van der Waals surface area contributed by atoms with Crippen molar-refractivity contribution in [1.29, 1.82) is 0 Å². The molecule has 0 unspecified atom stereocenters. The molecule has 94 valence electrons. The number of fused-ring (bicyclic) bond motifs is 1. The van der Waals surface area contributed by atoms with Gasteiger partial charge in [-0.25, -0.2) is 4.79 Å². The van der Waals surface area contributed by atoms with Gasteiger partial charge in [0.15, 0.2) is 12.1 Å². The molecule has 3 rings (SSSR count). The van der Waals surface area contributed by atoms with Crippen molar-refractivity contribution in [1.82, 2.24) is 0 Å². The molecule has 3 saturated heterocycles. The molecule has 3 aliphatic rings. The Labute approximate surface area is 99.7 Å². The van der Waals surface area contributed by atoms with Crippen LogP contribution in [0.15, 0.2) is 12.2 Å². The summed E-state index contributed by atoms with van der Waals surface area (Å²) in [6.07, 6.45) is 0.427. The number of carbonyl (C=O) groups is 1. The molecule has 0 aromatic carbocycles. The summed E-state index contributed by atoms with van der Waals surface area (Å²) in [6, 6.07) is 0. The van der Waals surface area contributed by atoms with Crippen molar-refractivity contribution in [3.05, 3.63) is 12.2 Å². The molecule has 17 heavy (non-hydrogen) atoms. The van der Waals surface area contributed by atoms with E-state index in [4.69, 9.17) is 18.9 Å². The van der Waals surface area contributed by atoms with Crippen molar-refractivity contribution in [2.45, 2.75) is 57.1 Å². The molecule has 3 heterocycles. The maximum atomic E-state index is 11.3. The molecule has 0 aliphatic carbocycles. The van der Waals surface area contributed by atoms with Gasteiger partial charge in [0.25, 0.3) is 0 Å². The van der Waals surface area contributed by atoms with Crippen LogP contribution in [0.1, 0.15) is 26.7 Å². The van der Waals surface area contributed by atoms with Gasteiger partial charge in [-0.2, -0.15) is 0 Å². The van der Waals surface area contributed by atoms with E-state index < -0.39 is 5.79 Å². The third-order valence-electron chi connectivity index (χ3n) is 3.32. The molecule has 5 heteroatoms. The Bertz CT molecular complexity index is 343. The van der Waals surface area contributed by atoms with E-state index in [-0.39, 0.29) is 30.6 Å². The number of hydrogen-bond donors (Lipinski definition) is 0. The number of rotatable bonds is 1. The van der Waals surface area contributed by atoms with E-state index >= 15 is 0 Å². The van der Waals surface area contributed by atoms with Gasteiger partial charge in [-0.05, 0) is 13.8 Å². The fourth-order valence-electron chi connectivity index (χ4n) is 2.57. The molecular weight excluding hydrogens is 224 g/mol. The van der Waals surface area contributed by atoms with Crippen LogP contribution in [0.2, 0.25) is 0 Å². The van der Waals surface area contributed by atoms with Crippen molar-refractivity contribution in [3.8, 4) is 0 Å². The van der Waals surface area contributed by atoms with Crippen LogP contribution < -0.4 is 0 Å². The van der Waals surface area contributed by atoms with Gasteiger partial charge in [-0.15, -0.1) is 0 Å². The average Bonchev–Trinajstić information content (AvgIpc) is 2.78. The predicted octanol–water partition coefficient (Wildman–Crippen LogP) is 1.12. The molecule has 0 saturated carbocycles. The van der Waals surface area contributed by atoms with Crippen LogP contribution in [0, 0.1) is 0 Å². The summed E-state index contributed by atoms with van der Waals surface area (Å²) in [7, 11) is 0. The summed E-state index contributed by atoms with van der Waals surface area (Å²) in [6.45, 7) is 7.38. The van der Waals surface area contributed by atoms with E-state index in [0.717, 1.165) is 0 Å². The molecule has 0 aromatic rings. The standard InChI is InChI=1S/C12H16O5/c1-6-4-7(14-10(6)13)8-5-9-11(15-8)17-12(2,3)16-9/h7-9,11H,1,4-5H2,2-3H3/t7-,8+,9-,11-/m1/s1. The van der Waals surface area contributed by atoms with Crippen LogP contribution in [0.3, 0.4) is 0 Å². The van der Waals surface area contributed by atoms with Gasteiger partial charge >= 0.3 is 5.97 Å². The molecule has 3 aliphatic heterocycles. The smallest absolute Gasteiger partial charge is 0.333 e. The summed E-state index contributed by atoms with van der Waals surface area (Å²) in [5, 5.41) is 0. The molecule has 0 spiro atoms. The second kappa shape index (κ2) is 3.54. The average molecular weight is 240 g/mol. The summed E-state index contributed by atoms with van der Waals surface area (Å²) in [5.74, 6) is -0.909. The summed E-state index contributed by atoms with van der Waals surface area (Å²) < 4.78 is 22.3. The van der Waals surface area contributed by atoms with Crippen molar-refractivity contribution < 1.29 is 23.7 Å². The van der Waals surface area contributed by atoms with E-state index in [1.54, 1.807) is 0 Å². The highest BCUT2D eigenvalue weighted by atomic mass is 16.8. The first-order valence-electron chi connectivity index (χ1n) is 5.84. The molecule has 3 fully saturated rings. The Balaban J connectivity index is 1.64. The van der Waals surface area contributed by atoms with Crippen molar-refractivity contribution in [3.63, 3.8) is 0 Å². The Morgan fingerprint density at radius 3 is 2.59 bits per heavy atom. The highest BCUT2D eigenvalue weighted by Gasteiger charge is 2.51. The first kappa shape index (κ1) is 11.2. The predicted molar refractivity (Wildman–Crippen MR) is 57.0 cm³/mol. The van der Waals surface area contributed by atoms with Gasteiger partial charge in [-0.3, -0.25) is 0 Å². The van der Waals surface area contributed by atoms with Crippen molar-refractivity contribution >= 4 is 5.97 Å². The minimum Gasteiger partial charge on any atom is -0.456 e. The van der Waals surface area contributed by atoms with E-state index in [2.05, 4.69) is 6.58 Å². The lowest BCUT2D eigenvalue weighted by molar-refractivity contribution is -0.214. The second-order valence-electron chi connectivity index (χ2n) is 5.20. The zero-order valence-corrected chi connectivity index (χ0v) is 9.97. The van der Waals surface area contributed by atoms with Crippen LogP contribution in [-0.4, -0.2) is 36.4 Å². The normalized spacial score (nSPS) is 43.9. The molecule has 0 aromatic heterocycles. The highest BCUT2D eigenvalue weighted by molar-refractivity contribution is 5.90. The van der Waals surface area contributed by atoms with Crippen LogP contribution in [0.4, 0.5) is 0 Å². The van der Waals surface area contributed by atoms with Gasteiger partial charge in [-0.1, -0.05) is 6.58 Å². The zero-order chi connectivity index (χ0) is 12.2. The maximum Gasteiger partial charge on any atom is 0.333 e. The van der Waals surface area contributed by atoms with E-state index in [0.29, 0.717) is 18.4 Å². The Hall–Kier alpha value is -0.910. The van der Waals surface area contributed by atoms with Gasteiger partial charge in [0.05, 0.1) is 0 Å². The molecule has 4 atom stereocenters. The molecule has 0 bridgehead atoms. The van der Waals surface area contributed by atoms with Crippen molar-refractivity contribution in [2.75, 3.05) is 0 Å². The maximum absolute atomic E-state index is 11.3. The van der Waals surface area contributed by atoms with Gasteiger partial charge in [0.1, 0.15) is 18.3 Å². The highest BCUT2D eigenvalue weighted by Crippen LogP contribution is 2.40. The van der Waals surface area contributed by atoms with E-state index in [1.165, 1.54) is 0 Å². The quantitative estimate of drug-likeness (QED) is 0.508. The summed E-state index contributed by atoms with van der Waals surface area (Å²) in [4.78, 5) is 11.3. The monoisotopic (exact) mass is 240 g/mol. The van der Waals surface area contributed by atoms with Gasteiger partial charge in [0, 0.05) is 18.4 Å². The minimum absolute atomic E-state index is 0.0671. The lowest BCUT2D eigenvalue weighted by atomic mass is 10.1. The SMILES string of the molecule is C=C1C[C@H]([C@@H]2C[C@H]3OC(C)(C)O[C@H]3O2)OC1=O. The number of carbonyl (C=O) groups excluding carboxylic acids is 1. The van der Waals surface area contributed by atoms with Crippen LogP contribution >= 0.6 is 0 Å². The lowest BCUT2D eigenvalue weighted by Crippen LogP contribution is -2.30. The number of hydrogen-bond acceptors (Lipinski definition) is 5. The lowest BCUT2D eigenvalue weighted by Gasteiger charge is -2.22. The van der Waals surface area contributed by atoms with Crippen LogP contribution in [-0.2, 0) is 23.7 Å². The number of esters is 1. The summed E-state index contributed by atoms with van der Waals surface area (Å²) >= 11 is 0. The third kappa shape index (κ3) is 1.88. The molecule has 5 nitrogen and oxygen atoms in total. The number of cyclic esters (lactones) is 1. The largest absolute Gasteiger partial charge is 0.456 e. The van der Waals surface area contributed by atoms with Crippen molar-refractivity contribution in [2.24, 2.45) is 0 Å². The van der Waals surface area contributed by atoms with E-state index in [1.807, 2.05) is 13.8 Å². The molecule has 0 amide bonds. The Morgan fingerprint density at radius 1 is 1.24 bits per heavy atom. The van der Waals surface area contributed by atoms with Crippen LogP contribution in [0.25, 0.3) is 0 Å². The molecular formula is C12H16O5. The van der Waals surface area contributed by atoms with Gasteiger partial charge in [0.2, 0.25) is 0 Å². The van der Waals surface area contributed by atoms with Gasteiger partial charge < -0.3 is 18.9 Å². The molecule has 0 radical (unpaired) electrons. The fourth-order valence-corrected chi connectivity index (χ4v) is 2.57. The van der Waals surface area contributed by atoms with Crippen LogP contribution in [0.5, 0.6) is 0 Å². The first-order chi connectivity index (χ1) is 7.94. The molecule has 0 N–H and O–H groups in total.